The van der Waals surface area contributed by atoms with Crippen molar-refractivity contribution in [2.75, 3.05) is 0 Å². The van der Waals surface area contributed by atoms with Gasteiger partial charge in [-0.15, -0.1) is 0 Å². The maximum Gasteiger partial charge on any atom is 0.354 e. The van der Waals surface area contributed by atoms with Gasteiger partial charge >= 0.3 is 5.97 Å². The summed E-state index contributed by atoms with van der Waals surface area (Å²) in [4.78, 5) is 31.0. The lowest BCUT2D eigenvalue weighted by atomic mass is 9.75. The quantitative estimate of drug-likeness (QED) is 0.698. The molecule has 2 aliphatic heterocycles. The first kappa shape index (κ1) is 13.5. The van der Waals surface area contributed by atoms with Crippen LogP contribution in [0, 0.1) is 11.3 Å². The average Bonchev–Trinajstić information content (AvgIpc) is 2.25. The Morgan fingerprint density at radius 2 is 2.05 bits per heavy atom. The fourth-order valence-corrected chi connectivity index (χ4v) is 2.20. The topological polar surface area (TPSA) is 91.1 Å². The van der Waals surface area contributed by atoms with Crippen LogP contribution in [0.3, 0.4) is 0 Å². The van der Waals surface area contributed by atoms with Gasteiger partial charge in [0.15, 0.2) is 0 Å². The smallest absolute Gasteiger partial charge is 0.354 e. The number of aliphatic carboxylic acids is 1. The molecule has 7 heteroatoms. The standard InChI is InChI=1S/C12H13N3O3S/c1-12(2,3)5-4-6(10(17)18)13-8-7(5)9(16)15-11(19)14-8/h4,7H,1-3H3,(H,17,18)(H,15,16,19). The Kier molecular flexibility index (Phi) is 3.09. The number of rotatable bonds is 1. The number of thiocarbonyl (C=S) groups is 1. The highest BCUT2D eigenvalue weighted by atomic mass is 32.1. The van der Waals surface area contributed by atoms with E-state index in [1.54, 1.807) is 0 Å². The molecule has 2 aliphatic rings. The third-order valence-electron chi connectivity index (χ3n) is 2.89. The van der Waals surface area contributed by atoms with Crippen molar-refractivity contribution in [2.24, 2.45) is 21.3 Å². The van der Waals surface area contributed by atoms with Gasteiger partial charge in [-0.05, 0) is 29.3 Å². The Hall–Kier alpha value is -1.89. The summed E-state index contributed by atoms with van der Waals surface area (Å²) >= 11 is 4.83. The molecule has 0 fully saturated rings. The lowest BCUT2D eigenvalue weighted by Gasteiger charge is -2.33. The summed E-state index contributed by atoms with van der Waals surface area (Å²) in [7, 11) is 0. The zero-order chi connectivity index (χ0) is 14.4. The van der Waals surface area contributed by atoms with Crippen LogP contribution in [0.15, 0.2) is 21.6 Å². The summed E-state index contributed by atoms with van der Waals surface area (Å²) in [6.07, 6.45) is 1.44. The fourth-order valence-electron chi connectivity index (χ4n) is 2.01. The van der Waals surface area contributed by atoms with Gasteiger partial charge in [-0.2, -0.15) is 0 Å². The lowest BCUT2D eigenvalue weighted by Crippen LogP contribution is -2.47. The van der Waals surface area contributed by atoms with Crippen LogP contribution in [0.1, 0.15) is 20.8 Å². The van der Waals surface area contributed by atoms with Crippen LogP contribution >= 0.6 is 12.2 Å². The third-order valence-corrected chi connectivity index (χ3v) is 3.08. The van der Waals surface area contributed by atoms with Crippen LogP contribution in [-0.4, -0.2) is 33.6 Å². The molecule has 0 radical (unpaired) electrons. The van der Waals surface area contributed by atoms with Crippen molar-refractivity contribution in [1.29, 1.82) is 0 Å². The zero-order valence-electron chi connectivity index (χ0n) is 10.7. The predicted molar refractivity (Wildman–Crippen MR) is 74.3 cm³/mol. The molecule has 0 saturated carbocycles. The van der Waals surface area contributed by atoms with Crippen molar-refractivity contribution in [3.8, 4) is 0 Å². The van der Waals surface area contributed by atoms with Crippen LogP contribution in [-0.2, 0) is 9.59 Å². The van der Waals surface area contributed by atoms with Gasteiger partial charge in [-0.3, -0.25) is 4.79 Å². The van der Waals surface area contributed by atoms with Gasteiger partial charge in [0.05, 0.1) is 0 Å². The van der Waals surface area contributed by atoms with Gasteiger partial charge in [0.2, 0.25) is 11.0 Å². The third kappa shape index (κ3) is 2.46. The van der Waals surface area contributed by atoms with E-state index in [4.69, 9.17) is 17.3 Å². The molecule has 2 heterocycles. The predicted octanol–water partition coefficient (Wildman–Crippen LogP) is 0.927. The molecule has 1 amide bonds. The van der Waals surface area contributed by atoms with Crippen LogP contribution in [0.5, 0.6) is 0 Å². The van der Waals surface area contributed by atoms with E-state index in [2.05, 4.69) is 15.3 Å². The fraction of sp³-hybridized carbons (Fsp3) is 0.417. The first-order valence-electron chi connectivity index (χ1n) is 5.67. The van der Waals surface area contributed by atoms with Crippen LogP contribution in [0.25, 0.3) is 0 Å². The van der Waals surface area contributed by atoms with E-state index in [1.807, 2.05) is 20.8 Å². The monoisotopic (exact) mass is 279 g/mol. The second-order valence-electron chi connectivity index (χ2n) is 5.35. The average molecular weight is 279 g/mol. The minimum absolute atomic E-state index is 0.0138. The van der Waals surface area contributed by atoms with Crippen molar-refractivity contribution in [1.82, 2.24) is 5.32 Å². The number of carboxylic acid groups (broad SMARTS) is 1. The van der Waals surface area contributed by atoms with Crippen LogP contribution in [0.2, 0.25) is 0 Å². The molecule has 1 atom stereocenters. The number of carboxylic acids is 1. The Morgan fingerprint density at radius 1 is 1.42 bits per heavy atom. The summed E-state index contributed by atoms with van der Waals surface area (Å²) in [6, 6.07) is 0. The first-order valence-corrected chi connectivity index (χ1v) is 6.08. The molecule has 0 spiro atoms. The number of hydrogen-bond acceptors (Lipinski definition) is 4. The lowest BCUT2D eigenvalue weighted by molar-refractivity contribution is -0.129. The highest BCUT2D eigenvalue weighted by molar-refractivity contribution is 7.80. The molecule has 0 aromatic heterocycles. The minimum Gasteiger partial charge on any atom is -0.477 e. The number of amides is 1. The molecular formula is C12H13N3O3S. The molecule has 2 N–H and O–H groups in total. The molecule has 6 nitrogen and oxygen atoms in total. The molecule has 0 saturated heterocycles. The van der Waals surface area contributed by atoms with Crippen molar-refractivity contribution < 1.29 is 14.7 Å². The maximum atomic E-state index is 12.0. The summed E-state index contributed by atoms with van der Waals surface area (Å²) < 4.78 is 0. The first-order chi connectivity index (χ1) is 8.70. The minimum atomic E-state index is -1.15. The van der Waals surface area contributed by atoms with Crippen molar-refractivity contribution >= 4 is 40.8 Å². The van der Waals surface area contributed by atoms with Gasteiger partial charge in [0.25, 0.3) is 0 Å². The van der Waals surface area contributed by atoms with Gasteiger partial charge in [0, 0.05) is 0 Å². The Morgan fingerprint density at radius 3 is 2.58 bits per heavy atom. The summed E-state index contributed by atoms with van der Waals surface area (Å²) in [6.45, 7) is 5.71. The van der Waals surface area contributed by atoms with E-state index in [0.29, 0.717) is 5.57 Å². The Bertz CT molecular complexity index is 582. The van der Waals surface area contributed by atoms with E-state index in [9.17, 15) is 9.59 Å². The van der Waals surface area contributed by atoms with E-state index in [-0.39, 0.29) is 28.0 Å². The van der Waals surface area contributed by atoms with Gasteiger partial charge in [0.1, 0.15) is 17.5 Å². The second kappa shape index (κ2) is 4.34. The zero-order valence-corrected chi connectivity index (χ0v) is 11.5. The number of carbonyl (C=O) groups is 2. The van der Waals surface area contributed by atoms with Gasteiger partial charge in [-0.1, -0.05) is 20.8 Å². The number of fused-ring (bicyclic) bond motifs is 1. The normalized spacial score (nSPS) is 22.9. The number of dihydropyridines is 1. The molecule has 0 aromatic carbocycles. The Labute approximate surface area is 115 Å². The SMILES string of the molecule is CC(C)(C)C1=CC(C(=O)O)=NC2=NC(=S)NC(=O)C12. The van der Waals surface area contributed by atoms with E-state index in [0.717, 1.165) is 0 Å². The largest absolute Gasteiger partial charge is 0.477 e. The van der Waals surface area contributed by atoms with E-state index >= 15 is 0 Å². The summed E-state index contributed by atoms with van der Waals surface area (Å²) in [5.41, 5.74) is 0.161. The molecule has 0 aromatic rings. The van der Waals surface area contributed by atoms with E-state index < -0.39 is 11.9 Å². The molecular weight excluding hydrogens is 266 g/mol. The molecule has 1 unspecified atom stereocenters. The summed E-state index contributed by atoms with van der Waals surface area (Å²) in [5.74, 6) is -1.99. The number of amidine groups is 1. The Balaban J connectivity index is 2.62. The van der Waals surface area contributed by atoms with E-state index in [1.165, 1.54) is 6.08 Å². The number of aliphatic imine (C=N–C) groups is 2. The van der Waals surface area contributed by atoms with Gasteiger partial charge in [-0.25, -0.2) is 14.8 Å². The molecule has 2 rings (SSSR count). The van der Waals surface area contributed by atoms with Crippen LogP contribution < -0.4 is 5.32 Å². The number of carbonyl (C=O) groups excluding carboxylic acids is 1. The summed E-state index contributed by atoms with van der Waals surface area (Å²) in [5, 5.41) is 11.6. The number of nitrogens with zero attached hydrogens (tertiary/aromatic N) is 2. The van der Waals surface area contributed by atoms with Crippen molar-refractivity contribution in [2.45, 2.75) is 20.8 Å². The maximum absolute atomic E-state index is 12.0. The number of nitrogens with one attached hydrogen (secondary N) is 1. The molecule has 19 heavy (non-hydrogen) atoms. The van der Waals surface area contributed by atoms with Crippen molar-refractivity contribution in [3.05, 3.63) is 11.6 Å². The highest BCUT2D eigenvalue weighted by Gasteiger charge is 2.40. The molecule has 0 bridgehead atoms. The molecule has 100 valence electrons. The van der Waals surface area contributed by atoms with Crippen molar-refractivity contribution in [3.63, 3.8) is 0 Å². The highest BCUT2D eigenvalue weighted by Crippen LogP contribution is 2.35. The van der Waals surface area contributed by atoms with Gasteiger partial charge < -0.3 is 10.4 Å². The second-order valence-corrected chi connectivity index (χ2v) is 5.74. The molecule has 0 aliphatic carbocycles. The van der Waals surface area contributed by atoms with Crippen LogP contribution in [0.4, 0.5) is 0 Å². The number of hydrogen-bond donors (Lipinski definition) is 2.